The summed E-state index contributed by atoms with van der Waals surface area (Å²) in [5.41, 5.74) is 1.76. The Labute approximate surface area is 417 Å². The van der Waals surface area contributed by atoms with Crippen molar-refractivity contribution < 1.29 is 93.8 Å². The maximum absolute atomic E-state index is 13.3. The minimum Gasteiger partial charge on any atom is -0.465 e. The number of aliphatic hydroxyl groups excluding tert-OH is 10. The number of carbonyl (C=O) groups is 2. The van der Waals surface area contributed by atoms with Crippen LogP contribution in [0.2, 0.25) is 0 Å². The van der Waals surface area contributed by atoms with Crippen LogP contribution >= 0.6 is 0 Å². The monoisotopic (exact) mass is 1020 g/mol. The molecule has 3 saturated carbocycles. The van der Waals surface area contributed by atoms with Crippen molar-refractivity contribution in [1.29, 1.82) is 0 Å². The van der Waals surface area contributed by atoms with Gasteiger partial charge >= 0.3 is 5.97 Å². The first-order valence-electron chi connectivity index (χ1n) is 26.2. The molecule has 1 unspecified atom stereocenters. The summed E-state index contributed by atoms with van der Waals surface area (Å²) in [6.45, 7) is 10.7. The maximum Gasteiger partial charge on any atom is 0.366 e. The normalized spacial score (nSPS) is 46.0. The molecule has 0 aromatic heterocycles. The number of aliphatic hydroxyl groups is 10. The SMILES string of the molecule is COC(=O)[C@]1(OC[C@H]2O[C@@H](O[C@H]3[C@H](O)[C@@H](O)[C@H](O[C@H]4CC[C@@]5(C)C(=CC[C@H]6[C@@H]7CC[C@H]([C@H](C)CCCC(C)C)[C@@]7(C)CC[C@@H]65)C4)O[C@@H]3CO)[C@H](O)[C@@H](O)[C@H]2O)C[C@H](O)[C@@H](NC(C)=O)[C@H]([C@@H](O)C(O)CO)O1. The fourth-order valence-electron chi connectivity index (χ4n) is 14.3. The van der Waals surface area contributed by atoms with E-state index < -0.39 is 136 Å². The van der Waals surface area contributed by atoms with Crippen molar-refractivity contribution in [3.05, 3.63) is 11.6 Å². The van der Waals surface area contributed by atoms with E-state index in [0.29, 0.717) is 36.0 Å². The van der Waals surface area contributed by atoms with Crippen molar-refractivity contribution >= 4 is 11.9 Å². The first-order valence-corrected chi connectivity index (χ1v) is 26.2. The van der Waals surface area contributed by atoms with Crippen molar-refractivity contribution in [1.82, 2.24) is 5.32 Å². The zero-order chi connectivity index (χ0) is 51.9. The number of hydrogen-bond donors (Lipinski definition) is 11. The van der Waals surface area contributed by atoms with Crippen molar-refractivity contribution in [2.24, 2.45) is 46.3 Å². The van der Waals surface area contributed by atoms with E-state index in [0.717, 1.165) is 44.6 Å². The predicted octanol–water partition coefficient (Wildman–Crippen LogP) is 0.299. The Morgan fingerprint density at radius 2 is 1.54 bits per heavy atom. The molecular weight excluding hydrogens is 931 g/mol. The van der Waals surface area contributed by atoms with Crippen LogP contribution in [0.3, 0.4) is 0 Å². The highest BCUT2D eigenvalue weighted by atomic mass is 16.8. The van der Waals surface area contributed by atoms with Crippen LogP contribution in [0.15, 0.2) is 11.6 Å². The molecule has 20 nitrogen and oxygen atoms in total. The number of nitrogens with one attached hydrogen (secondary N) is 1. The van der Waals surface area contributed by atoms with Gasteiger partial charge in [0, 0.05) is 13.3 Å². The summed E-state index contributed by atoms with van der Waals surface area (Å²) in [6.07, 6.45) is -10.9. The van der Waals surface area contributed by atoms with E-state index in [-0.39, 0.29) is 11.5 Å². The lowest BCUT2D eigenvalue weighted by Crippen LogP contribution is -2.68. The third-order valence-electron chi connectivity index (χ3n) is 18.2. The second-order valence-corrected chi connectivity index (χ2v) is 23.0. The Bertz CT molecular complexity index is 1820. The number of rotatable bonds is 18. The third-order valence-corrected chi connectivity index (χ3v) is 18.2. The van der Waals surface area contributed by atoms with Crippen LogP contribution in [0.1, 0.15) is 119 Å². The van der Waals surface area contributed by atoms with Crippen molar-refractivity contribution in [2.75, 3.05) is 26.9 Å². The van der Waals surface area contributed by atoms with E-state index >= 15 is 0 Å². The van der Waals surface area contributed by atoms with Gasteiger partial charge in [0.15, 0.2) is 12.6 Å². The highest BCUT2D eigenvalue weighted by molar-refractivity contribution is 5.78. The van der Waals surface area contributed by atoms with Crippen LogP contribution in [0.5, 0.6) is 0 Å². The van der Waals surface area contributed by atoms with E-state index in [2.05, 4.69) is 46.0 Å². The summed E-state index contributed by atoms with van der Waals surface area (Å²) in [5, 5.41) is 111. The molecule has 11 N–H and O–H groups in total. The molecular formula is C51H85NO19. The van der Waals surface area contributed by atoms with Crippen LogP contribution in [0.25, 0.3) is 0 Å². The molecule has 3 heterocycles. The van der Waals surface area contributed by atoms with Gasteiger partial charge in [-0.3, -0.25) is 4.79 Å². The van der Waals surface area contributed by atoms with Gasteiger partial charge in [0.25, 0.3) is 5.79 Å². The largest absolute Gasteiger partial charge is 0.465 e. The number of fused-ring (bicyclic) bond motifs is 5. The van der Waals surface area contributed by atoms with Gasteiger partial charge in [-0.1, -0.05) is 65.5 Å². The number of amides is 1. The minimum atomic E-state index is -2.60. The molecule has 0 spiro atoms. The topological polar surface area (TPSA) is 313 Å². The van der Waals surface area contributed by atoms with Gasteiger partial charge < -0.3 is 89.5 Å². The summed E-state index contributed by atoms with van der Waals surface area (Å²) < 4.78 is 40.8. The van der Waals surface area contributed by atoms with Crippen LogP contribution < -0.4 is 5.32 Å². The quantitative estimate of drug-likeness (QED) is 0.0650. The molecule has 4 aliphatic carbocycles. The lowest BCUT2D eigenvalue weighted by Gasteiger charge is -2.58. The standard InChI is InChI=1S/C51H85NO19/c1-24(2)9-8-10-25(3)30-13-14-31-29-12-11-27-19-28(15-17-49(27,5)32(29)16-18-50(30,31)6)67-46-43(63)41(61)44(35(22-54)68-46)70-47-42(62)40(60)39(59)36(69-47)23-66-51(48(64)65-7)20-33(56)37(52-26(4)55)45(71-51)38(58)34(57)21-53/h11,24-25,28-47,53-54,56-63H,8-10,12-23H2,1-7H3,(H,52,55)/t25-,28+,29+,30-,31+,32+,33+,34?,35-,36-,37-,38+,39+,40+,41-,42-,43-,44-,45-,46-,47+,49+,50-,51+/m1/s1. The predicted molar refractivity (Wildman–Crippen MR) is 250 cm³/mol. The number of allylic oxidation sites excluding steroid dienone is 1. The molecule has 7 aliphatic rings. The zero-order valence-electron chi connectivity index (χ0n) is 42.5. The number of esters is 1. The molecule has 3 aliphatic heterocycles. The molecule has 7 rings (SSSR count). The summed E-state index contributed by atoms with van der Waals surface area (Å²) in [5.74, 6) is -0.342. The Kier molecular flexibility index (Phi) is 18.5. The number of carbonyl (C=O) groups excluding carboxylic acids is 2. The molecule has 71 heavy (non-hydrogen) atoms. The maximum atomic E-state index is 13.3. The fraction of sp³-hybridized carbons (Fsp3) is 0.922. The van der Waals surface area contributed by atoms with Crippen molar-refractivity contribution in [3.63, 3.8) is 0 Å². The summed E-state index contributed by atoms with van der Waals surface area (Å²) in [4.78, 5) is 25.3. The van der Waals surface area contributed by atoms with E-state index in [1.807, 2.05) is 0 Å². The van der Waals surface area contributed by atoms with Gasteiger partial charge in [0.1, 0.15) is 67.1 Å². The first-order chi connectivity index (χ1) is 33.5. The van der Waals surface area contributed by atoms with Gasteiger partial charge in [-0.2, -0.15) is 0 Å². The average Bonchev–Trinajstić information content (AvgIpc) is 3.70. The first kappa shape index (κ1) is 56.8. The van der Waals surface area contributed by atoms with E-state index in [4.69, 9.17) is 33.2 Å². The average molecular weight is 1020 g/mol. The molecule has 1 amide bonds. The van der Waals surface area contributed by atoms with Gasteiger partial charge in [-0.25, -0.2) is 4.79 Å². The van der Waals surface area contributed by atoms with Gasteiger partial charge in [0.2, 0.25) is 5.91 Å². The Morgan fingerprint density at radius 1 is 0.845 bits per heavy atom. The smallest absolute Gasteiger partial charge is 0.366 e. The Hall–Kier alpha value is -1.96. The van der Waals surface area contributed by atoms with Crippen LogP contribution in [0.4, 0.5) is 0 Å². The molecule has 408 valence electrons. The molecule has 0 aromatic rings. The lowest BCUT2D eigenvalue weighted by atomic mass is 9.47. The van der Waals surface area contributed by atoms with E-state index in [1.165, 1.54) is 50.5 Å². The fourth-order valence-corrected chi connectivity index (χ4v) is 14.3. The van der Waals surface area contributed by atoms with E-state index in [1.54, 1.807) is 0 Å². The zero-order valence-corrected chi connectivity index (χ0v) is 42.5. The second-order valence-electron chi connectivity index (χ2n) is 23.0. The Morgan fingerprint density at radius 3 is 2.20 bits per heavy atom. The summed E-state index contributed by atoms with van der Waals surface area (Å²) in [7, 11) is 0.962. The molecule has 24 atom stereocenters. The van der Waals surface area contributed by atoms with Gasteiger partial charge in [0.05, 0.1) is 45.2 Å². The summed E-state index contributed by atoms with van der Waals surface area (Å²) in [6, 6.07) is -1.42. The van der Waals surface area contributed by atoms with Crippen molar-refractivity contribution in [2.45, 2.75) is 222 Å². The van der Waals surface area contributed by atoms with Crippen LogP contribution in [-0.2, 0) is 42.7 Å². The van der Waals surface area contributed by atoms with Crippen LogP contribution in [-0.4, -0.2) is 194 Å². The lowest BCUT2D eigenvalue weighted by molar-refractivity contribution is -0.370. The van der Waals surface area contributed by atoms with Gasteiger partial charge in [-0.15, -0.1) is 0 Å². The molecule has 0 radical (unpaired) electrons. The van der Waals surface area contributed by atoms with Crippen LogP contribution in [0, 0.1) is 46.3 Å². The number of hydrogen-bond acceptors (Lipinski definition) is 19. The highest BCUT2D eigenvalue weighted by Crippen LogP contribution is 2.67. The molecule has 0 bridgehead atoms. The summed E-state index contributed by atoms with van der Waals surface area (Å²) >= 11 is 0. The van der Waals surface area contributed by atoms with Crippen molar-refractivity contribution in [3.8, 4) is 0 Å². The number of methoxy groups -OCH3 is 1. The third kappa shape index (κ3) is 11.3. The highest BCUT2D eigenvalue weighted by Gasteiger charge is 2.61. The molecule has 3 saturated heterocycles. The second kappa shape index (κ2) is 23.1. The molecule has 20 heteroatoms. The minimum absolute atomic E-state index is 0.0290. The van der Waals surface area contributed by atoms with E-state index in [9.17, 15) is 60.7 Å². The molecule has 0 aromatic carbocycles. The Balaban J connectivity index is 0.979. The molecule has 6 fully saturated rings. The van der Waals surface area contributed by atoms with Gasteiger partial charge in [-0.05, 0) is 97.7 Å². The number of ether oxygens (including phenoxy) is 7.